The molecule has 0 aliphatic rings. The molecule has 1 aromatic rings. The lowest BCUT2D eigenvalue weighted by Crippen LogP contribution is -2.10. The summed E-state index contributed by atoms with van der Waals surface area (Å²) in [6, 6.07) is 4.37. The van der Waals surface area contributed by atoms with Crippen molar-refractivity contribution in [3.63, 3.8) is 0 Å². The Morgan fingerprint density at radius 1 is 1.31 bits per heavy atom. The maximum absolute atomic E-state index is 13.2. The van der Waals surface area contributed by atoms with Crippen molar-refractivity contribution in [3.8, 4) is 5.75 Å². The Hall–Kier alpha value is -1.29. The van der Waals surface area contributed by atoms with Crippen LogP contribution < -0.4 is 10.5 Å². The maximum atomic E-state index is 13.2. The maximum Gasteiger partial charge on any atom is 0.167 e. The van der Waals surface area contributed by atoms with E-state index in [4.69, 9.17) is 15.2 Å². The quantitative estimate of drug-likeness (QED) is 0.599. The molecule has 3 nitrogen and oxygen atoms in total. The van der Waals surface area contributed by atoms with Gasteiger partial charge in [0.15, 0.2) is 11.6 Å². The minimum atomic E-state index is -0.441. The van der Waals surface area contributed by atoms with E-state index in [-0.39, 0.29) is 5.75 Å². The molecule has 90 valence electrons. The zero-order chi connectivity index (χ0) is 12.0. The Morgan fingerprint density at radius 3 is 2.69 bits per heavy atom. The Bertz CT molecular complexity index is 329. The van der Waals surface area contributed by atoms with Crippen molar-refractivity contribution < 1.29 is 13.9 Å². The number of halogens is 1. The van der Waals surface area contributed by atoms with Crippen LogP contribution >= 0.6 is 0 Å². The summed E-state index contributed by atoms with van der Waals surface area (Å²) in [6.07, 6.45) is 0. The third kappa shape index (κ3) is 4.49. The molecule has 0 aliphatic carbocycles. The molecule has 2 N–H and O–H groups in total. The molecule has 0 heterocycles. The molecule has 16 heavy (non-hydrogen) atoms. The average Bonchev–Trinajstić information content (AvgIpc) is 2.20. The van der Waals surface area contributed by atoms with E-state index in [0.29, 0.717) is 31.4 Å². The van der Waals surface area contributed by atoms with E-state index in [1.807, 2.05) is 0 Å². The summed E-state index contributed by atoms with van der Waals surface area (Å²) in [7, 11) is 0. The van der Waals surface area contributed by atoms with Crippen LogP contribution in [0.4, 0.5) is 10.1 Å². The van der Waals surface area contributed by atoms with Crippen molar-refractivity contribution in [2.75, 3.05) is 25.6 Å². The summed E-state index contributed by atoms with van der Waals surface area (Å²) < 4.78 is 23.8. The van der Waals surface area contributed by atoms with Gasteiger partial charge >= 0.3 is 0 Å². The number of benzene rings is 1. The molecule has 0 bridgehead atoms. The molecule has 0 saturated carbocycles. The predicted octanol–water partition coefficient (Wildman–Crippen LogP) is 2.46. The third-order valence-corrected chi connectivity index (χ3v) is 1.89. The number of anilines is 1. The summed E-state index contributed by atoms with van der Waals surface area (Å²) in [5.41, 5.74) is 5.81. The highest BCUT2D eigenvalue weighted by Crippen LogP contribution is 2.18. The molecule has 0 radical (unpaired) electrons. The summed E-state index contributed by atoms with van der Waals surface area (Å²) in [5, 5.41) is 0. The van der Waals surface area contributed by atoms with E-state index in [9.17, 15) is 4.39 Å². The van der Waals surface area contributed by atoms with Crippen LogP contribution in [0.5, 0.6) is 5.75 Å². The summed E-state index contributed by atoms with van der Waals surface area (Å²) in [5.74, 6) is 0.263. The predicted molar refractivity (Wildman–Crippen MR) is 62.0 cm³/mol. The normalized spacial score (nSPS) is 10.8. The molecule has 0 spiro atoms. The van der Waals surface area contributed by atoms with E-state index in [1.54, 1.807) is 6.07 Å². The van der Waals surface area contributed by atoms with Crippen molar-refractivity contribution in [1.82, 2.24) is 0 Å². The van der Waals surface area contributed by atoms with Crippen LogP contribution in [0.15, 0.2) is 18.2 Å². The number of nitrogens with two attached hydrogens (primary N) is 1. The largest absolute Gasteiger partial charge is 0.488 e. The van der Waals surface area contributed by atoms with Crippen LogP contribution in [-0.4, -0.2) is 19.8 Å². The second kappa shape index (κ2) is 6.33. The second-order valence-corrected chi connectivity index (χ2v) is 4.01. The van der Waals surface area contributed by atoms with Gasteiger partial charge in [0.2, 0.25) is 0 Å². The molecule has 1 aromatic carbocycles. The standard InChI is InChI=1S/C12H18FNO2/c1-9(2)8-15-5-6-16-12-4-3-10(14)7-11(12)13/h3-4,7,9H,5-6,8,14H2,1-2H3. The lowest BCUT2D eigenvalue weighted by atomic mass is 10.2. The molecule has 0 aliphatic heterocycles. The van der Waals surface area contributed by atoms with Crippen LogP contribution in [-0.2, 0) is 4.74 Å². The third-order valence-electron chi connectivity index (χ3n) is 1.89. The van der Waals surface area contributed by atoms with E-state index in [2.05, 4.69) is 13.8 Å². The first-order valence-electron chi connectivity index (χ1n) is 5.35. The van der Waals surface area contributed by atoms with Gasteiger partial charge < -0.3 is 15.2 Å². The first kappa shape index (κ1) is 12.8. The smallest absolute Gasteiger partial charge is 0.167 e. The van der Waals surface area contributed by atoms with Gasteiger partial charge in [-0.2, -0.15) is 0 Å². The first-order valence-corrected chi connectivity index (χ1v) is 5.35. The summed E-state index contributed by atoms with van der Waals surface area (Å²) in [4.78, 5) is 0. The number of hydrogen-bond acceptors (Lipinski definition) is 3. The van der Waals surface area contributed by atoms with Gasteiger partial charge in [0.05, 0.1) is 6.61 Å². The fraction of sp³-hybridized carbons (Fsp3) is 0.500. The number of hydrogen-bond donors (Lipinski definition) is 1. The molecular weight excluding hydrogens is 209 g/mol. The van der Waals surface area contributed by atoms with Gasteiger partial charge in [0, 0.05) is 18.4 Å². The van der Waals surface area contributed by atoms with Crippen LogP contribution in [0.25, 0.3) is 0 Å². The topological polar surface area (TPSA) is 44.5 Å². The molecular formula is C12H18FNO2. The van der Waals surface area contributed by atoms with Crippen molar-refractivity contribution in [1.29, 1.82) is 0 Å². The van der Waals surface area contributed by atoms with Crippen LogP contribution in [0.2, 0.25) is 0 Å². The van der Waals surface area contributed by atoms with Crippen LogP contribution in [0.3, 0.4) is 0 Å². The molecule has 0 saturated heterocycles. The molecule has 0 aromatic heterocycles. The molecule has 0 amide bonds. The molecule has 0 atom stereocenters. The minimum absolute atomic E-state index is 0.211. The van der Waals surface area contributed by atoms with Crippen molar-refractivity contribution in [3.05, 3.63) is 24.0 Å². The van der Waals surface area contributed by atoms with Crippen LogP contribution in [0, 0.1) is 11.7 Å². The average molecular weight is 227 g/mol. The SMILES string of the molecule is CC(C)COCCOc1ccc(N)cc1F. The highest BCUT2D eigenvalue weighted by Gasteiger charge is 2.03. The fourth-order valence-electron chi connectivity index (χ4n) is 1.16. The van der Waals surface area contributed by atoms with Gasteiger partial charge in [-0.25, -0.2) is 4.39 Å². The summed E-state index contributed by atoms with van der Waals surface area (Å²) >= 11 is 0. The second-order valence-electron chi connectivity index (χ2n) is 4.01. The van der Waals surface area contributed by atoms with E-state index < -0.39 is 5.82 Å². The van der Waals surface area contributed by atoms with Crippen LogP contribution in [0.1, 0.15) is 13.8 Å². The van der Waals surface area contributed by atoms with E-state index in [0.717, 1.165) is 0 Å². The van der Waals surface area contributed by atoms with Gasteiger partial charge in [0.1, 0.15) is 6.61 Å². The summed E-state index contributed by atoms with van der Waals surface area (Å²) in [6.45, 7) is 5.63. The van der Waals surface area contributed by atoms with Gasteiger partial charge in [-0.3, -0.25) is 0 Å². The molecule has 1 rings (SSSR count). The Kier molecular flexibility index (Phi) is 5.05. The number of ether oxygens (including phenoxy) is 2. The van der Waals surface area contributed by atoms with Gasteiger partial charge in [0.25, 0.3) is 0 Å². The van der Waals surface area contributed by atoms with E-state index in [1.165, 1.54) is 12.1 Å². The van der Waals surface area contributed by atoms with Gasteiger partial charge in [-0.15, -0.1) is 0 Å². The highest BCUT2D eigenvalue weighted by molar-refractivity contribution is 5.42. The highest BCUT2D eigenvalue weighted by atomic mass is 19.1. The number of rotatable bonds is 6. The molecule has 0 fully saturated rings. The zero-order valence-electron chi connectivity index (χ0n) is 9.70. The molecule has 0 unspecified atom stereocenters. The molecule has 4 heteroatoms. The van der Waals surface area contributed by atoms with Gasteiger partial charge in [-0.1, -0.05) is 13.8 Å². The Balaban J connectivity index is 2.27. The number of nitrogen functional groups attached to an aromatic ring is 1. The minimum Gasteiger partial charge on any atom is -0.488 e. The van der Waals surface area contributed by atoms with E-state index >= 15 is 0 Å². The monoisotopic (exact) mass is 227 g/mol. The Morgan fingerprint density at radius 2 is 2.06 bits per heavy atom. The van der Waals surface area contributed by atoms with Gasteiger partial charge in [-0.05, 0) is 18.1 Å². The van der Waals surface area contributed by atoms with Crippen molar-refractivity contribution >= 4 is 5.69 Å². The Labute approximate surface area is 95.4 Å². The lowest BCUT2D eigenvalue weighted by molar-refractivity contribution is 0.0808. The van der Waals surface area contributed by atoms with Crippen molar-refractivity contribution in [2.24, 2.45) is 5.92 Å². The first-order chi connectivity index (χ1) is 7.59. The lowest BCUT2D eigenvalue weighted by Gasteiger charge is -2.09. The fourth-order valence-corrected chi connectivity index (χ4v) is 1.16. The van der Waals surface area contributed by atoms with Crippen molar-refractivity contribution in [2.45, 2.75) is 13.8 Å². The zero-order valence-corrected chi connectivity index (χ0v) is 9.70.